The van der Waals surface area contributed by atoms with Gasteiger partial charge in [-0.1, -0.05) is 0 Å². The number of hydrogen-bond acceptors (Lipinski definition) is 2. The molecule has 0 amide bonds. The summed E-state index contributed by atoms with van der Waals surface area (Å²) >= 11 is 0. The maximum Gasteiger partial charge on any atom is 0.186 e. The maximum atomic E-state index is 9.93. The van der Waals surface area contributed by atoms with Crippen molar-refractivity contribution in [1.29, 1.82) is 0 Å². The van der Waals surface area contributed by atoms with Crippen LogP contribution >= 0.6 is 0 Å². The standard InChI is InChI=1S/C3H3B2O2/c4-5-1-3(7)2-6/h2H,1H2. The number of hydrogen-bond donors (Lipinski definition) is 0. The first-order valence-electron chi connectivity index (χ1n) is 1.82. The molecule has 4 heteroatoms. The monoisotopic (exact) mass is 93.0 g/mol. The van der Waals surface area contributed by atoms with Crippen LogP contribution in [0.5, 0.6) is 0 Å². The molecule has 3 radical (unpaired) electrons. The highest BCUT2D eigenvalue weighted by Crippen LogP contribution is 1.71. The van der Waals surface area contributed by atoms with Crippen molar-refractivity contribution in [3.63, 3.8) is 0 Å². The van der Waals surface area contributed by atoms with Gasteiger partial charge in [-0.05, 0) is 6.32 Å². The quantitative estimate of drug-likeness (QED) is 0.253. The molecule has 0 rings (SSSR count). The lowest BCUT2D eigenvalue weighted by atomic mass is 9.53. The van der Waals surface area contributed by atoms with Crippen LogP contribution < -0.4 is 0 Å². The lowest BCUT2D eigenvalue weighted by molar-refractivity contribution is -0.128. The van der Waals surface area contributed by atoms with Crippen molar-refractivity contribution in [3.8, 4) is 0 Å². The van der Waals surface area contributed by atoms with Gasteiger partial charge < -0.3 is 0 Å². The smallest absolute Gasteiger partial charge is 0.186 e. The van der Waals surface area contributed by atoms with Crippen molar-refractivity contribution < 1.29 is 9.59 Å². The molecule has 7 heavy (non-hydrogen) atoms. The molecule has 0 saturated carbocycles. The number of aldehydes is 1. The van der Waals surface area contributed by atoms with Gasteiger partial charge in [0.25, 0.3) is 0 Å². The summed E-state index contributed by atoms with van der Waals surface area (Å²) in [6.45, 7) is 0. The highest BCUT2D eigenvalue weighted by molar-refractivity contribution is 6.91. The van der Waals surface area contributed by atoms with Gasteiger partial charge in [-0.2, -0.15) is 0 Å². The molecule has 0 atom stereocenters. The van der Waals surface area contributed by atoms with E-state index in [1.807, 2.05) is 0 Å². The van der Waals surface area contributed by atoms with E-state index in [4.69, 9.17) is 7.74 Å². The molecule has 33 valence electrons. The topological polar surface area (TPSA) is 34.1 Å². The summed E-state index contributed by atoms with van der Waals surface area (Å²) in [6.07, 6.45) is 0.298. The highest BCUT2D eigenvalue weighted by Gasteiger charge is 1.92. The normalized spacial score (nSPS) is 7.43. The molecule has 0 N–H and O–H groups in total. The van der Waals surface area contributed by atoms with E-state index >= 15 is 0 Å². The number of carbonyl (C=O) groups is 2. The molecule has 0 aliphatic rings. The van der Waals surface area contributed by atoms with E-state index in [1.54, 1.807) is 0 Å². The van der Waals surface area contributed by atoms with Crippen LogP contribution in [0.3, 0.4) is 0 Å². The minimum Gasteiger partial charge on any atom is -0.295 e. The fraction of sp³-hybridized carbons (Fsp3) is 0.333. The highest BCUT2D eigenvalue weighted by atomic mass is 16.2. The van der Waals surface area contributed by atoms with Crippen molar-refractivity contribution in [2.45, 2.75) is 6.32 Å². The predicted molar refractivity (Wildman–Crippen MR) is 27.4 cm³/mol. The van der Waals surface area contributed by atoms with Crippen LogP contribution in [0.2, 0.25) is 6.32 Å². The number of ketones is 1. The van der Waals surface area contributed by atoms with Crippen LogP contribution in [0.4, 0.5) is 0 Å². The second-order valence-corrected chi connectivity index (χ2v) is 1.02. The summed E-state index contributed by atoms with van der Waals surface area (Å²) in [4.78, 5) is 19.4. The minimum atomic E-state index is -0.484. The summed E-state index contributed by atoms with van der Waals surface area (Å²) in [5, 5.41) is 0. The molecule has 0 spiro atoms. The Bertz CT molecular complexity index is 81.0. The second kappa shape index (κ2) is 3.65. The van der Waals surface area contributed by atoms with Gasteiger partial charge in [0.2, 0.25) is 0 Å². The molecule has 0 aromatic carbocycles. The van der Waals surface area contributed by atoms with E-state index in [9.17, 15) is 9.59 Å². The summed E-state index contributed by atoms with van der Waals surface area (Å²) in [5.74, 6) is -0.484. The average molecular weight is 92.7 g/mol. The molecular formula is C3H3B2O2. The van der Waals surface area contributed by atoms with Gasteiger partial charge in [0.05, 0.1) is 7.17 Å². The van der Waals surface area contributed by atoms with Crippen LogP contribution in [-0.4, -0.2) is 27.0 Å². The predicted octanol–water partition coefficient (Wildman–Crippen LogP) is -1.04. The first-order valence-corrected chi connectivity index (χ1v) is 1.82. The van der Waals surface area contributed by atoms with Gasteiger partial charge in [0.1, 0.15) is 0 Å². The summed E-state index contributed by atoms with van der Waals surface area (Å²) in [5.41, 5.74) is 0. The SMILES string of the molecule is [B][B]CC(=O)C=O. The number of Topliss-reactive ketones (excluding diaryl/α,β-unsaturated/α-hetero) is 1. The lowest BCUT2D eigenvalue weighted by Crippen LogP contribution is -2.02. The molecule has 0 heterocycles. The Morgan fingerprint density at radius 2 is 2.43 bits per heavy atom. The van der Waals surface area contributed by atoms with Crippen LogP contribution in [-0.2, 0) is 9.59 Å². The van der Waals surface area contributed by atoms with Crippen molar-refractivity contribution in [1.82, 2.24) is 0 Å². The van der Waals surface area contributed by atoms with Gasteiger partial charge in [-0.3, -0.25) is 9.59 Å². The molecule has 0 saturated heterocycles. The fourth-order valence-corrected chi connectivity index (χ4v) is 0.164. The molecule has 0 unspecified atom stereocenters. The summed E-state index contributed by atoms with van der Waals surface area (Å²) in [7, 11) is 5.95. The van der Waals surface area contributed by atoms with Crippen LogP contribution in [0.25, 0.3) is 0 Å². The van der Waals surface area contributed by atoms with E-state index in [1.165, 1.54) is 0 Å². The largest absolute Gasteiger partial charge is 0.295 e. The molecule has 0 aromatic heterocycles. The molecule has 0 aromatic rings. The zero-order valence-corrected chi connectivity index (χ0v) is 3.76. The Hall–Kier alpha value is -0.530. The Balaban J connectivity index is 3.17. The fourth-order valence-electron chi connectivity index (χ4n) is 0.164. The first kappa shape index (κ1) is 6.47. The summed E-state index contributed by atoms with van der Waals surface area (Å²) in [6, 6.07) is 0. The summed E-state index contributed by atoms with van der Waals surface area (Å²) < 4.78 is 0. The molecular weight excluding hydrogens is 89.7 g/mol. The first-order chi connectivity index (χ1) is 3.31. The van der Waals surface area contributed by atoms with Crippen LogP contribution in [0.1, 0.15) is 0 Å². The van der Waals surface area contributed by atoms with Crippen molar-refractivity contribution in [2.24, 2.45) is 0 Å². The van der Waals surface area contributed by atoms with E-state index in [0.717, 1.165) is 7.17 Å². The Kier molecular flexibility index (Phi) is 3.38. The van der Waals surface area contributed by atoms with E-state index in [0.29, 0.717) is 0 Å². The second-order valence-electron chi connectivity index (χ2n) is 1.02. The van der Waals surface area contributed by atoms with Gasteiger partial charge >= 0.3 is 0 Å². The Morgan fingerprint density at radius 1 is 1.86 bits per heavy atom. The maximum absolute atomic E-state index is 9.93. The average Bonchev–Trinajstić information content (AvgIpc) is 1.68. The lowest BCUT2D eigenvalue weighted by Gasteiger charge is -1.78. The van der Waals surface area contributed by atoms with Gasteiger partial charge in [-0.15, -0.1) is 0 Å². The van der Waals surface area contributed by atoms with E-state index in [2.05, 4.69) is 0 Å². The van der Waals surface area contributed by atoms with Crippen LogP contribution in [0.15, 0.2) is 0 Å². The third kappa shape index (κ3) is 3.30. The van der Waals surface area contributed by atoms with Crippen molar-refractivity contribution in [2.75, 3.05) is 0 Å². The van der Waals surface area contributed by atoms with Crippen LogP contribution in [0, 0.1) is 0 Å². The van der Waals surface area contributed by atoms with Crippen molar-refractivity contribution >= 4 is 27.0 Å². The molecule has 0 aliphatic carbocycles. The zero-order valence-electron chi connectivity index (χ0n) is 3.76. The zero-order chi connectivity index (χ0) is 5.70. The van der Waals surface area contributed by atoms with Gasteiger partial charge in [0.15, 0.2) is 12.1 Å². The van der Waals surface area contributed by atoms with Gasteiger partial charge in [-0.25, -0.2) is 0 Å². The minimum absolute atomic E-state index is 0.0451. The van der Waals surface area contributed by atoms with E-state index in [-0.39, 0.29) is 12.6 Å². The molecule has 2 nitrogen and oxygen atoms in total. The molecule has 0 fully saturated rings. The Labute approximate surface area is 43.9 Å². The van der Waals surface area contributed by atoms with Gasteiger partial charge in [0, 0.05) is 7.74 Å². The number of carbonyl (C=O) groups excluding carboxylic acids is 2. The third-order valence-corrected chi connectivity index (χ3v) is 0.450. The Morgan fingerprint density at radius 3 is 2.57 bits per heavy atom. The molecule has 0 aliphatic heterocycles. The number of rotatable bonds is 3. The van der Waals surface area contributed by atoms with Crippen molar-refractivity contribution in [3.05, 3.63) is 0 Å². The molecule has 0 bridgehead atoms. The van der Waals surface area contributed by atoms with E-state index < -0.39 is 5.78 Å². The third-order valence-electron chi connectivity index (χ3n) is 0.450.